The lowest BCUT2D eigenvalue weighted by Gasteiger charge is -2.43. The van der Waals surface area contributed by atoms with Crippen LogP contribution in [0.2, 0.25) is 0 Å². The van der Waals surface area contributed by atoms with Crippen molar-refractivity contribution >= 4 is 41.7 Å². The van der Waals surface area contributed by atoms with Crippen molar-refractivity contribution in [2.24, 2.45) is 11.7 Å². The van der Waals surface area contributed by atoms with E-state index in [0.29, 0.717) is 19.4 Å². The molecule has 0 aromatic heterocycles. The van der Waals surface area contributed by atoms with Gasteiger partial charge in [0.2, 0.25) is 11.8 Å². The number of hydrogen-bond acceptors (Lipinski definition) is 6. The number of nitrogens with zero attached hydrogens (tertiary/aromatic N) is 3. The van der Waals surface area contributed by atoms with E-state index >= 15 is 0 Å². The highest BCUT2D eigenvalue weighted by Crippen LogP contribution is 2.44. The minimum absolute atomic E-state index is 0. The molecule has 1 fully saturated rings. The summed E-state index contributed by atoms with van der Waals surface area (Å²) in [5.74, 6) is -2.19. The zero-order valence-electron chi connectivity index (χ0n) is 26.4. The summed E-state index contributed by atoms with van der Waals surface area (Å²) >= 11 is 0. The van der Waals surface area contributed by atoms with Gasteiger partial charge >= 0.3 is 6.18 Å². The third-order valence-corrected chi connectivity index (χ3v) is 7.93. The number of hydrogen-bond donors (Lipinski definition) is 2. The summed E-state index contributed by atoms with van der Waals surface area (Å²) in [5.41, 5.74) is 2.82. The summed E-state index contributed by atoms with van der Waals surface area (Å²) in [6.07, 6.45) is -3.62. The zero-order valence-corrected chi connectivity index (χ0v) is 27.2. The van der Waals surface area contributed by atoms with Gasteiger partial charge in [0.25, 0.3) is 11.8 Å². The Morgan fingerprint density at radius 2 is 1.82 bits per heavy atom. The Labute approximate surface area is 263 Å². The molecule has 10 nitrogen and oxygen atoms in total. The highest BCUT2D eigenvalue weighted by molar-refractivity contribution is 6.05. The Bertz CT molecular complexity index is 1240. The number of nitrogens with two attached hydrogens (primary N) is 1. The first-order valence-electron chi connectivity index (χ1n) is 14.8. The van der Waals surface area contributed by atoms with E-state index in [1.807, 2.05) is 13.8 Å². The van der Waals surface area contributed by atoms with Crippen molar-refractivity contribution in [1.82, 2.24) is 15.1 Å². The van der Waals surface area contributed by atoms with Gasteiger partial charge in [0.05, 0.1) is 22.9 Å². The van der Waals surface area contributed by atoms with E-state index in [9.17, 15) is 32.3 Å². The molecule has 44 heavy (non-hydrogen) atoms. The van der Waals surface area contributed by atoms with E-state index < -0.39 is 52.8 Å². The average Bonchev–Trinajstić information content (AvgIpc) is 2.92. The first-order valence-corrected chi connectivity index (χ1v) is 14.8. The van der Waals surface area contributed by atoms with Crippen LogP contribution < -0.4 is 20.7 Å². The van der Waals surface area contributed by atoms with Crippen LogP contribution in [0.3, 0.4) is 0 Å². The molecule has 0 aliphatic carbocycles. The lowest BCUT2D eigenvalue weighted by Crippen LogP contribution is -2.57. The monoisotopic (exact) mass is 647 g/mol. The van der Waals surface area contributed by atoms with Crippen molar-refractivity contribution < 1.29 is 37.1 Å². The van der Waals surface area contributed by atoms with Gasteiger partial charge in [0.1, 0.15) is 5.75 Å². The second kappa shape index (κ2) is 14.4. The van der Waals surface area contributed by atoms with Gasteiger partial charge in [-0.2, -0.15) is 13.2 Å². The van der Waals surface area contributed by atoms with E-state index in [2.05, 4.69) is 5.32 Å². The molecular formula is C30H45ClF3N5O5. The van der Waals surface area contributed by atoms with E-state index in [1.54, 1.807) is 25.7 Å². The predicted molar refractivity (Wildman–Crippen MR) is 163 cm³/mol. The summed E-state index contributed by atoms with van der Waals surface area (Å²) in [5, 5.41) is 2.67. The van der Waals surface area contributed by atoms with Crippen LogP contribution in [0, 0.1) is 5.92 Å². The molecule has 1 aromatic rings. The number of carbonyl (C=O) groups is 4. The number of alkyl halides is 3. The summed E-state index contributed by atoms with van der Waals surface area (Å²) in [6.45, 7) is 12.3. The van der Waals surface area contributed by atoms with Crippen LogP contribution in [0.25, 0.3) is 0 Å². The highest BCUT2D eigenvalue weighted by Gasteiger charge is 2.45. The number of benzene rings is 1. The van der Waals surface area contributed by atoms with Gasteiger partial charge in [-0.3, -0.25) is 19.2 Å². The Morgan fingerprint density at radius 1 is 1.18 bits per heavy atom. The molecule has 14 heteroatoms. The number of halogens is 4. The van der Waals surface area contributed by atoms with Gasteiger partial charge in [-0.05, 0) is 58.6 Å². The van der Waals surface area contributed by atoms with Gasteiger partial charge in [-0.15, -0.1) is 12.4 Å². The number of piperidine rings is 1. The Balaban J connectivity index is 0.00000675. The molecule has 0 saturated carbocycles. The van der Waals surface area contributed by atoms with Crippen LogP contribution in [-0.2, 0) is 20.6 Å². The first kappa shape index (κ1) is 37.1. The van der Waals surface area contributed by atoms with Crippen molar-refractivity contribution in [2.45, 2.75) is 97.6 Å². The van der Waals surface area contributed by atoms with Gasteiger partial charge < -0.3 is 30.5 Å². The molecule has 1 aromatic carbocycles. The van der Waals surface area contributed by atoms with Crippen LogP contribution >= 0.6 is 12.4 Å². The predicted octanol–water partition coefficient (Wildman–Crippen LogP) is 3.98. The van der Waals surface area contributed by atoms with E-state index in [1.165, 1.54) is 23.6 Å². The number of fused-ring (bicyclic) bond motifs is 1. The van der Waals surface area contributed by atoms with Gasteiger partial charge in [0, 0.05) is 44.7 Å². The van der Waals surface area contributed by atoms with Crippen molar-refractivity contribution in [1.29, 1.82) is 0 Å². The molecule has 0 bridgehead atoms. The van der Waals surface area contributed by atoms with Crippen LogP contribution in [0.1, 0.15) is 83.7 Å². The van der Waals surface area contributed by atoms with E-state index in [4.69, 9.17) is 10.5 Å². The minimum Gasteiger partial charge on any atom is -0.476 e. The molecule has 0 spiro atoms. The maximum atomic E-state index is 14.5. The molecule has 4 amide bonds. The Kier molecular flexibility index (Phi) is 12.1. The third-order valence-electron chi connectivity index (χ3n) is 7.93. The number of amides is 4. The van der Waals surface area contributed by atoms with Gasteiger partial charge in [0.15, 0.2) is 5.60 Å². The SMILES string of the molecule is CCC(=O)NCCN1C(=O)C(C)(C)Oc2cc(C(F)(F)F)c(C(=O)N(C(C)C)[C@@H]3CCCN(C(=O)[C@H](N)C(C)C)C3)cc21.Cl. The Morgan fingerprint density at radius 3 is 2.36 bits per heavy atom. The Hall–Kier alpha value is -3.06. The molecule has 2 atom stereocenters. The fourth-order valence-corrected chi connectivity index (χ4v) is 5.52. The smallest absolute Gasteiger partial charge is 0.417 e. The molecule has 2 aliphatic heterocycles. The second-order valence-electron chi connectivity index (χ2n) is 12.3. The van der Waals surface area contributed by atoms with Crippen LogP contribution in [0.15, 0.2) is 12.1 Å². The number of carbonyl (C=O) groups excluding carboxylic acids is 4. The lowest BCUT2D eigenvalue weighted by molar-refractivity contribution is -0.138. The minimum atomic E-state index is -4.91. The molecule has 2 heterocycles. The van der Waals surface area contributed by atoms with Crippen molar-refractivity contribution in [3.8, 4) is 5.75 Å². The molecule has 0 radical (unpaired) electrons. The molecule has 248 valence electrons. The number of anilines is 1. The maximum absolute atomic E-state index is 14.5. The maximum Gasteiger partial charge on any atom is 0.417 e. The van der Waals surface area contributed by atoms with Gasteiger partial charge in [-0.25, -0.2) is 0 Å². The lowest BCUT2D eigenvalue weighted by atomic mass is 9.96. The quantitative estimate of drug-likeness (QED) is 0.418. The van der Waals surface area contributed by atoms with Crippen LogP contribution in [0.4, 0.5) is 18.9 Å². The summed E-state index contributed by atoms with van der Waals surface area (Å²) in [7, 11) is 0. The molecule has 0 unspecified atom stereocenters. The summed E-state index contributed by atoms with van der Waals surface area (Å²) < 4.78 is 49.2. The number of rotatable bonds is 9. The van der Waals surface area contributed by atoms with E-state index in [-0.39, 0.29) is 67.6 Å². The average molecular weight is 648 g/mol. The fraction of sp³-hybridized carbons (Fsp3) is 0.667. The fourth-order valence-electron chi connectivity index (χ4n) is 5.52. The molecule has 3 N–H and O–H groups in total. The first-order chi connectivity index (χ1) is 19.9. The molecular weight excluding hydrogens is 603 g/mol. The largest absolute Gasteiger partial charge is 0.476 e. The molecule has 2 aliphatic rings. The van der Waals surface area contributed by atoms with Crippen LogP contribution in [0.5, 0.6) is 5.75 Å². The van der Waals surface area contributed by atoms with Gasteiger partial charge in [-0.1, -0.05) is 20.8 Å². The second-order valence-corrected chi connectivity index (χ2v) is 12.3. The van der Waals surface area contributed by atoms with Crippen LogP contribution in [-0.4, -0.2) is 83.3 Å². The topological polar surface area (TPSA) is 125 Å². The standard InChI is InChI=1S/C30H44F3N5O5.ClH/c1-8-24(39)35-11-13-37-22-14-20(21(30(31,32)33)15-23(22)43-29(6,7)28(37)42)26(40)38(18(4)5)19-10-9-12-36(16-19)27(41)25(34)17(2)3;/h14-15,17-19,25H,8-13,16,34H2,1-7H3,(H,35,39);1H/t19-,25-;/m1./s1. The zero-order chi connectivity index (χ0) is 32.4. The number of likely N-dealkylation sites (tertiary alicyclic amines) is 1. The van der Waals surface area contributed by atoms with Crippen molar-refractivity contribution in [3.05, 3.63) is 23.3 Å². The number of ether oxygens (including phenoxy) is 1. The summed E-state index contributed by atoms with van der Waals surface area (Å²) in [6, 6.07) is 0.0600. The normalized spacial score (nSPS) is 18.8. The summed E-state index contributed by atoms with van der Waals surface area (Å²) in [4.78, 5) is 56.5. The van der Waals surface area contributed by atoms with Crippen molar-refractivity contribution in [2.75, 3.05) is 31.1 Å². The van der Waals surface area contributed by atoms with Crippen molar-refractivity contribution in [3.63, 3.8) is 0 Å². The van der Waals surface area contributed by atoms with E-state index in [0.717, 1.165) is 12.1 Å². The highest BCUT2D eigenvalue weighted by atomic mass is 35.5. The third kappa shape index (κ3) is 7.96. The molecule has 1 saturated heterocycles. The molecule has 3 rings (SSSR count). The number of nitrogens with one attached hydrogen (secondary N) is 1.